The topological polar surface area (TPSA) is 140 Å². The maximum Gasteiger partial charge on any atom is 0.192 e. The van der Waals surface area contributed by atoms with Crippen molar-refractivity contribution in [1.82, 2.24) is 19.3 Å². The summed E-state index contributed by atoms with van der Waals surface area (Å²) in [6, 6.07) is -0.478. The maximum atomic E-state index is 10.1. The van der Waals surface area contributed by atoms with E-state index in [1.165, 1.54) is 6.33 Å². The van der Waals surface area contributed by atoms with E-state index in [1.807, 2.05) is 0 Å². The third-order valence-corrected chi connectivity index (χ3v) is 3.87. The molecule has 0 saturated heterocycles. The molecule has 0 unspecified atom stereocenters. The first-order valence-corrected chi connectivity index (χ1v) is 6.19. The molecule has 20 heavy (non-hydrogen) atoms. The van der Waals surface area contributed by atoms with Crippen LogP contribution in [0.5, 0.6) is 0 Å². The summed E-state index contributed by atoms with van der Waals surface area (Å²) in [6.07, 6.45) is 0.819. The average Bonchev–Trinajstić information content (AvgIpc) is 2.98. The summed E-state index contributed by atoms with van der Waals surface area (Å²) in [4.78, 5) is 8.01. The van der Waals surface area contributed by atoms with Crippen LogP contribution < -0.4 is 5.49 Å². The van der Waals surface area contributed by atoms with Crippen LogP contribution in [0.15, 0.2) is 12.7 Å². The quantitative estimate of drug-likeness (QED) is 0.412. The Morgan fingerprint density at radius 1 is 1.25 bits per heavy atom. The average molecular weight is 281 g/mol. The fourth-order valence-electron chi connectivity index (χ4n) is 2.72. The highest BCUT2D eigenvalue weighted by Crippen LogP contribution is 2.36. The highest BCUT2D eigenvalue weighted by atomic mass is 16.5. The summed E-state index contributed by atoms with van der Waals surface area (Å²) in [5, 5.41) is 46.2. The van der Waals surface area contributed by atoms with Gasteiger partial charge in [0.2, 0.25) is 0 Å². The minimum absolute atomic E-state index is 0.198. The third-order valence-electron chi connectivity index (χ3n) is 3.87. The van der Waals surface area contributed by atoms with Crippen molar-refractivity contribution in [2.45, 2.75) is 24.7 Å². The van der Waals surface area contributed by atoms with Crippen molar-refractivity contribution in [3.05, 3.63) is 18.1 Å². The van der Waals surface area contributed by atoms with Gasteiger partial charge in [-0.3, -0.25) is 5.41 Å². The largest absolute Gasteiger partial charge is 0.425 e. The summed E-state index contributed by atoms with van der Waals surface area (Å²) >= 11 is 0. The number of rotatable bonds is 2. The molecule has 0 radical (unpaired) electrons. The monoisotopic (exact) mass is 281 g/mol. The van der Waals surface area contributed by atoms with E-state index in [-0.39, 0.29) is 17.6 Å². The van der Waals surface area contributed by atoms with E-state index in [0.29, 0.717) is 16.8 Å². The van der Waals surface area contributed by atoms with Crippen LogP contribution >= 0.6 is 0 Å². The SMILES string of the molecule is N=c1c2ncn([C@@H]3C[C@H](CO)[C@@H](O)[C@H]3O)c2ncn1O. The van der Waals surface area contributed by atoms with E-state index in [9.17, 15) is 20.5 Å². The van der Waals surface area contributed by atoms with Crippen LogP contribution in [0.2, 0.25) is 0 Å². The zero-order valence-electron chi connectivity index (χ0n) is 10.5. The Labute approximate surface area is 112 Å². The van der Waals surface area contributed by atoms with Crippen LogP contribution in [0.3, 0.4) is 0 Å². The molecule has 2 aromatic heterocycles. The molecule has 3 rings (SSSR count). The molecule has 9 nitrogen and oxygen atoms in total. The number of nitrogens with one attached hydrogen (secondary N) is 1. The lowest BCUT2D eigenvalue weighted by molar-refractivity contribution is -0.00371. The fourth-order valence-corrected chi connectivity index (χ4v) is 2.72. The molecule has 5 N–H and O–H groups in total. The molecule has 1 saturated carbocycles. The predicted molar refractivity (Wildman–Crippen MR) is 64.8 cm³/mol. The first-order valence-electron chi connectivity index (χ1n) is 6.19. The number of imidazole rings is 1. The molecule has 108 valence electrons. The Morgan fingerprint density at radius 3 is 2.65 bits per heavy atom. The van der Waals surface area contributed by atoms with Crippen LogP contribution in [0.4, 0.5) is 0 Å². The number of aliphatic hydroxyl groups excluding tert-OH is 3. The minimum atomic E-state index is -1.04. The number of fused-ring (bicyclic) bond motifs is 1. The molecular formula is C11H15N5O4. The van der Waals surface area contributed by atoms with Gasteiger partial charge in [0.05, 0.1) is 18.5 Å². The van der Waals surface area contributed by atoms with E-state index in [0.717, 1.165) is 6.33 Å². The highest BCUT2D eigenvalue weighted by Gasteiger charge is 2.42. The Hall–Kier alpha value is -1.97. The Balaban J connectivity index is 2.08. The van der Waals surface area contributed by atoms with Crippen LogP contribution in [0, 0.1) is 11.3 Å². The molecule has 1 aliphatic rings. The van der Waals surface area contributed by atoms with Crippen LogP contribution in [0.1, 0.15) is 12.5 Å². The smallest absolute Gasteiger partial charge is 0.192 e. The zero-order valence-corrected chi connectivity index (χ0v) is 10.5. The molecule has 2 heterocycles. The predicted octanol–water partition coefficient (Wildman–Crippen LogP) is -1.78. The first kappa shape index (κ1) is 13.0. The van der Waals surface area contributed by atoms with E-state index in [2.05, 4.69) is 9.97 Å². The summed E-state index contributed by atoms with van der Waals surface area (Å²) in [5.41, 5.74) is 0.333. The van der Waals surface area contributed by atoms with Gasteiger partial charge < -0.3 is 25.1 Å². The van der Waals surface area contributed by atoms with E-state index in [4.69, 9.17) is 5.41 Å². The second kappa shape index (κ2) is 4.54. The number of aromatic nitrogens is 4. The second-order valence-electron chi connectivity index (χ2n) is 4.99. The van der Waals surface area contributed by atoms with Crippen molar-refractivity contribution in [3.8, 4) is 0 Å². The fraction of sp³-hybridized carbons (Fsp3) is 0.545. The van der Waals surface area contributed by atoms with Gasteiger partial charge in [-0.2, -0.15) is 4.73 Å². The second-order valence-corrected chi connectivity index (χ2v) is 4.99. The molecule has 1 fully saturated rings. The summed E-state index contributed by atoms with van der Waals surface area (Å²) in [6.45, 7) is -0.213. The molecule has 0 amide bonds. The van der Waals surface area contributed by atoms with Crippen molar-refractivity contribution >= 4 is 11.2 Å². The van der Waals surface area contributed by atoms with Crippen molar-refractivity contribution in [1.29, 1.82) is 5.41 Å². The van der Waals surface area contributed by atoms with Crippen molar-refractivity contribution in [2.24, 2.45) is 5.92 Å². The molecule has 0 aromatic carbocycles. The Kier molecular flexibility index (Phi) is 2.96. The van der Waals surface area contributed by atoms with Gasteiger partial charge in [0.1, 0.15) is 12.4 Å². The molecule has 2 aromatic rings. The summed E-state index contributed by atoms with van der Waals surface area (Å²) in [7, 11) is 0. The van der Waals surface area contributed by atoms with Gasteiger partial charge in [-0.15, -0.1) is 0 Å². The minimum Gasteiger partial charge on any atom is -0.425 e. The number of hydrogen-bond donors (Lipinski definition) is 5. The lowest BCUT2D eigenvalue weighted by atomic mass is 10.1. The van der Waals surface area contributed by atoms with Gasteiger partial charge in [0, 0.05) is 12.5 Å². The molecule has 4 atom stereocenters. The van der Waals surface area contributed by atoms with Crippen LogP contribution in [-0.2, 0) is 0 Å². The molecular weight excluding hydrogens is 266 g/mol. The first-order chi connectivity index (χ1) is 9.54. The van der Waals surface area contributed by atoms with Crippen molar-refractivity contribution in [3.63, 3.8) is 0 Å². The standard InChI is InChI=1S/C11H15N5O4/c12-10-7-11(14-4-16(10)20)15(3-13-7)6-1-5(2-17)8(18)9(6)19/h3-6,8-9,12,17-20H,1-2H2/t5-,6-,8-,9+/m1/s1. The van der Waals surface area contributed by atoms with Gasteiger partial charge in [-0.25, -0.2) is 9.97 Å². The van der Waals surface area contributed by atoms with Gasteiger partial charge in [0.25, 0.3) is 0 Å². The van der Waals surface area contributed by atoms with Gasteiger partial charge >= 0.3 is 0 Å². The Bertz CT molecular complexity index is 696. The molecule has 9 heteroatoms. The highest BCUT2D eigenvalue weighted by molar-refractivity contribution is 5.68. The summed E-state index contributed by atoms with van der Waals surface area (Å²) < 4.78 is 2.12. The van der Waals surface area contributed by atoms with E-state index < -0.39 is 24.2 Å². The molecule has 0 spiro atoms. The van der Waals surface area contributed by atoms with Crippen LogP contribution in [0.25, 0.3) is 11.2 Å². The van der Waals surface area contributed by atoms with Gasteiger partial charge in [0.15, 0.2) is 16.7 Å². The maximum absolute atomic E-state index is 10.1. The Morgan fingerprint density at radius 2 is 2.00 bits per heavy atom. The third kappa shape index (κ3) is 1.71. The molecule has 0 bridgehead atoms. The number of aliphatic hydroxyl groups is 3. The van der Waals surface area contributed by atoms with Gasteiger partial charge in [-0.1, -0.05) is 0 Å². The lowest BCUT2D eigenvalue weighted by Gasteiger charge is -2.18. The van der Waals surface area contributed by atoms with Crippen molar-refractivity contribution < 1.29 is 20.5 Å². The molecule has 0 aliphatic heterocycles. The number of hydrogen-bond acceptors (Lipinski definition) is 7. The normalized spacial score (nSPS) is 30.1. The van der Waals surface area contributed by atoms with E-state index >= 15 is 0 Å². The number of nitrogens with zero attached hydrogens (tertiary/aromatic N) is 4. The lowest BCUT2D eigenvalue weighted by Crippen LogP contribution is -2.30. The van der Waals surface area contributed by atoms with Crippen LogP contribution in [-0.4, -0.2) is 58.6 Å². The van der Waals surface area contributed by atoms with Crippen molar-refractivity contribution in [2.75, 3.05) is 6.61 Å². The molecule has 1 aliphatic carbocycles. The zero-order chi connectivity index (χ0) is 14.4. The van der Waals surface area contributed by atoms with Gasteiger partial charge in [-0.05, 0) is 6.42 Å². The van der Waals surface area contributed by atoms with E-state index in [1.54, 1.807) is 4.57 Å². The summed E-state index contributed by atoms with van der Waals surface area (Å²) in [5.74, 6) is -0.408.